The van der Waals surface area contributed by atoms with Crippen LogP contribution in [0.4, 0.5) is 11.4 Å². The Labute approximate surface area is 598 Å². The van der Waals surface area contributed by atoms with E-state index in [-0.39, 0.29) is 80.6 Å². The standard InChI is InChI=1S/C73H80N6O20S3/c1-73(2,3)97-65(81)9-8-19-92-20-18-74-69(85)46-12-15-56(95-72-68(84)67(83)66(82)62(39-80)96-72)61(26-46)99-102(88,89)98-51-13-10-42(11-14-51)37-79(4,5)38-43-23-44(40-93-59-31-54-52(29-57(59)90-6)70(86)77-35-47-16-21-100-63(47)27-49(77)33-75-54)25-45(24-43)41-94-60-32-55-53(30-58(60)91-7)71(87)78-36-48-17-22-101-64(48)28-50(78)34-76-55/h10-17,21-26,29-34,49-50,62,66-68,72,80,82-84H,8-9,18-20,27-28,35-41H2,1-7H3/p+1/t49-,50-,62+,66-,67-,68+,72?/m0/s1. The molecule has 5 aliphatic rings. The van der Waals surface area contributed by atoms with Crippen LogP contribution in [-0.4, -0.2) is 182 Å². The summed E-state index contributed by atoms with van der Waals surface area (Å²) in [5.74, 6) is -0.995. The van der Waals surface area contributed by atoms with Crippen LogP contribution < -0.4 is 37.4 Å². The van der Waals surface area contributed by atoms with Crippen molar-refractivity contribution in [3.8, 4) is 40.2 Å². The molecule has 102 heavy (non-hydrogen) atoms. The van der Waals surface area contributed by atoms with E-state index in [0.29, 0.717) is 95.4 Å². The average molecular weight is 1460 g/mol. The zero-order chi connectivity index (χ0) is 72.2. The van der Waals surface area contributed by atoms with Gasteiger partial charge in [-0.2, -0.15) is 0 Å². The number of aliphatic hydroxyl groups excluding tert-OH is 4. The van der Waals surface area contributed by atoms with Gasteiger partial charge < -0.3 is 86.3 Å². The lowest BCUT2D eigenvalue weighted by atomic mass is 9.99. The van der Waals surface area contributed by atoms with Crippen LogP contribution in [0.2, 0.25) is 0 Å². The molecular weight excluding hydrogens is 1380 g/mol. The normalized spacial score (nSPS) is 19.9. The zero-order valence-electron chi connectivity index (χ0n) is 57.3. The first-order valence-corrected chi connectivity index (χ1v) is 36.3. The Bertz CT molecular complexity index is 4280. The van der Waals surface area contributed by atoms with Crippen molar-refractivity contribution in [3.05, 3.63) is 168 Å². The van der Waals surface area contributed by atoms with Crippen molar-refractivity contribution in [2.24, 2.45) is 9.98 Å². The summed E-state index contributed by atoms with van der Waals surface area (Å²) in [5, 5.41) is 48.3. The van der Waals surface area contributed by atoms with Crippen molar-refractivity contribution in [2.45, 2.75) is 134 Å². The predicted octanol–water partition coefficient (Wildman–Crippen LogP) is 8.08. The summed E-state index contributed by atoms with van der Waals surface area (Å²) in [4.78, 5) is 69.7. The fourth-order valence-electron chi connectivity index (χ4n) is 12.7. The summed E-state index contributed by atoms with van der Waals surface area (Å²) in [6.45, 7) is 6.84. The van der Waals surface area contributed by atoms with Gasteiger partial charge in [0.15, 0.2) is 34.5 Å². The molecular formula is C73H81N6O20S3+. The highest BCUT2D eigenvalue weighted by atomic mass is 32.3. The number of methoxy groups -OCH3 is 2. The third-order valence-electron chi connectivity index (χ3n) is 17.6. The number of carbonyl (C=O) groups is 4. The van der Waals surface area contributed by atoms with Gasteiger partial charge in [0.2, 0.25) is 6.29 Å². The molecule has 12 rings (SSSR count). The second-order valence-electron chi connectivity index (χ2n) is 27.0. The maximum Gasteiger partial charge on any atom is 0.501 e. The number of ether oxygens (including phenoxy) is 8. The highest BCUT2D eigenvalue weighted by Gasteiger charge is 2.45. The first-order chi connectivity index (χ1) is 48.8. The van der Waals surface area contributed by atoms with Gasteiger partial charge in [0, 0.05) is 96.5 Å². The molecule has 1 saturated heterocycles. The third kappa shape index (κ3) is 17.2. The van der Waals surface area contributed by atoms with Crippen LogP contribution in [0.15, 0.2) is 118 Å². The van der Waals surface area contributed by atoms with Crippen LogP contribution in [0, 0.1) is 0 Å². The van der Waals surface area contributed by atoms with E-state index < -0.39 is 70.7 Å². The van der Waals surface area contributed by atoms with Gasteiger partial charge in [-0.3, -0.25) is 29.2 Å². The van der Waals surface area contributed by atoms with Gasteiger partial charge >= 0.3 is 16.4 Å². The quantitative estimate of drug-likeness (QED) is 0.0184. The fraction of sp³-hybridized carbons (Fsp3) is 0.397. The monoisotopic (exact) mass is 1460 g/mol. The Morgan fingerprint density at radius 1 is 0.667 bits per heavy atom. The largest absolute Gasteiger partial charge is 0.501 e. The van der Waals surface area contributed by atoms with Crippen molar-refractivity contribution in [2.75, 3.05) is 54.7 Å². The number of hydrogen-bond acceptors (Lipinski definition) is 24. The molecule has 0 spiro atoms. The number of quaternary nitrogens is 1. The van der Waals surface area contributed by atoms with Crippen molar-refractivity contribution in [3.63, 3.8) is 0 Å². The van der Waals surface area contributed by atoms with Gasteiger partial charge in [0.1, 0.15) is 62.1 Å². The number of esters is 1. The Kier molecular flexibility index (Phi) is 22.0. The number of benzene rings is 5. The van der Waals surface area contributed by atoms with E-state index in [9.17, 15) is 48.0 Å². The van der Waals surface area contributed by atoms with Crippen LogP contribution in [0.3, 0.4) is 0 Å². The van der Waals surface area contributed by atoms with Gasteiger partial charge in [-0.05, 0) is 145 Å². The lowest BCUT2D eigenvalue weighted by molar-refractivity contribution is -0.916. The smallest absolute Gasteiger partial charge is 0.493 e. The van der Waals surface area contributed by atoms with Crippen LogP contribution >= 0.6 is 22.7 Å². The molecule has 1 unspecified atom stereocenters. The highest BCUT2D eigenvalue weighted by molar-refractivity contribution is 7.82. The molecule has 5 N–H and O–H groups in total. The van der Waals surface area contributed by atoms with Crippen molar-refractivity contribution < 1.29 is 98.8 Å². The van der Waals surface area contributed by atoms with Crippen molar-refractivity contribution in [1.29, 1.82) is 0 Å². The molecule has 0 radical (unpaired) electrons. The van der Waals surface area contributed by atoms with E-state index in [4.69, 9.17) is 56.2 Å². The zero-order valence-corrected chi connectivity index (χ0v) is 59.7. The Hall–Kier alpha value is -9.01. The number of fused-ring (bicyclic) bond motifs is 6. The van der Waals surface area contributed by atoms with E-state index in [1.165, 1.54) is 42.2 Å². The Balaban J connectivity index is 0.748. The number of nitrogens with one attached hydrogen (secondary N) is 1. The first-order valence-electron chi connectivity index (χ1n) is 33.2. The lowest BCUT2D eigenvalue weighted by Crippen LogP contribution is -2.60. The van der Waals surface area contributed by atoms with Gasteiger partial charge in [0.05, 0.1) is 76.1 Å². The number of rotatable bonds is 27. The minimum Gasteiger partial charge on any atom is -0.493 e. The molecule has 29 heteroatoms. The van der Waals surface area contributed by atoms with Gasteiger partial charge in [-0.1, -0.05) is 0 Å². The van der Waals surface area contributed by atoms with Crippen molar-refractivity contribution in [1.82, 2.24) is 15.1 Å². The first kappa shape index (κ1) is 72.8. The molecule has 2 aromatic heterocycles. The fourth-order valence-corrected chi connectivity index (χ4v) is 15.4. The number of amides is 3. The van der Waals surface area contributed by atoms with Crippen LogP contribution in [-0.2, 0) is 81.6 Å². The van der Waals surface area contributed by atoms with Crippen LogP contribution in [0.25, 0.3) is 0 Å². The van der Waals surface area contributed by atoms with E-state index in [1.807, 2.05) is 65.3 Å². The third-order valence-corrected chi connectivity index (χ3v) is 20.4. The summed E-state index contributed by atoms with van der Waals surface area (Å²) >= 11 is 3.36. The molecule has 3 amide bonds. The predicted molar refractivity (Wildman–Crippen MR) is 376 cm³/mol. The molecule has 5 aromatic carbocycles. The van der Waals surface area contributed by atoms with Crippen LogP contribution in [0.1, 0.15) is 108 Å². The topological polar surface area (TPSA) is 319 Å². The van der Waals surface area contributed by atoms with Gasteiger partial charge in [-0.15, -0.1) is 31.1 Å². The van der Waals surface area contributed by atoms with E-state index in [0.717, 1.165) is 45.5 Å². The molecule has 7 aromatic rings. The summed E-state index contributed by atoms with van der Waals surface area (Å²) in [6.07, 6.45) is -3.05. The van der Waals surface area contributed by atoms with E-state index >= 15 is 0 Å². The number of hydrogen-bond donors (Lipinski definition) is 5. The molecule has 7 heterocycles. The second-order valence-corrected chi connectivity index (χ2v) is 30.1. The Morgan fingerprint density at radius 2 is 1.24 bits per heavy atom. The highest BCUT2D eigenvalue weighted by Crippen LogP contribution is 2.43. The summed E-state index contributed by atoms with van der Waals surface area (Å²) in [7, 11) is 2.06. The minimum absolute atomic E-state index is 0.0254. The molecule has 540 valence electrons. The van der Waals surface area contributed by atoms with Crippen molar-refractivity contribution >= 4 is 80.6 Å². The number of thiophene rings is 2. The van der Waals surface area contributed by atoms with Gasteiger partial charge in [-0.25, -0.2) is 0 Å². The maximum atomic E-state index is 14.2. The van der Waals surface area contributed by atoms with Crippen LogP contribution in [0.5, 0.6) is 40.2 Å². The summed E-state index contributed by atoms with van der Waals surface area (Å²) < 4.78 is 86.1. The Morgan fingerprint density at radius 3 is 1.79 bits per heavy atom. The number of nitrogens with zero attached hydrogens (tertiary/aromatic N) is 5. The number of aliphatic imine (C=N–C) groups is 2. The molecule has 0 aliphatic carbocycles. The van der Waals surface area contributed by atoms with E-state index in [1.54, 1.807) is 79.8 Å². The maximum absolute atomic E-state index is 14.2. The molecule has 26 nitrogen and oxygen atoms in total. The summed E-state index contributed by atoms with van der Waals surface area (Å²) in [6, 6.07) is 26.4. The lowest BCUT2D eigenvalue weighted by Gasteiger charge is -2.39. The molecule has 1 fully saturated rings. The molecule has 0 bridgehead atoms. The van der Waals surface area contributed by atoms with Gasteiger partial charge in [0.25, 0.3) is 17.7 Å². The number of aliphatic hydroxyl groups is 4. The number of carbonyl (C=O) groups excluding carboxylic acids is 4. The molecule has 5 aliphatic heterocycles. The molecule has 0 saturated carbocycles. The summed E-state index contributed by atoms with van der Waals surface area (Å²) in [5.41, 5.74) is 6.52. The second kappa shape index (κ2) is 30.9. The SMILES string of the molecule is COc1cc2c(cc1OCc1cc(COc3cc4c(cc3OC)C(=O)N3Cc5ccsc5C[C@H]3C=N4)cc(C[N+](C)(C)Cc3ccc(OS(=O)(=O)Oc4cc(C(=O)NCCOCCCC(=O)OC(C)(C)C)ccc4OC4O[C@H](CO)[C@H](O)[C@H](O)[C@H]4O)cc3)c1)N=C[C@@H]1Cc3sccc3CN1C2=O. The average Bonchev–Trinajstić information content (AvgIpc) is 1.59. The minimum atomic E-state index is -5.05. The van der Waals surface area contributed by atoms with E-state index in [2.05, 4.69) is 17.4 Å². The molecule has 7 atom stereocenters.